The van der Waals surface area contributed by atoms with Crippen molar-refractivity contribution >= 4 is 11.8 Å². The molecule has 0 unspecified atom stereocenters. The first-order valence-corrected chi connectivity index (χ1v) is 7.23. The minimum atomic E-state index is -0.809. The standard InChI is InChI=1S/C15H24O3/c1-11-7-9-15(10-8-11,14(17)18-2)13(16)12-5-3-4-6-12/h11-12H,3-10H2,1-2H3. The number of hydrogen-bond acceptors (Lipinski definition) is 3. The van der Waals surface area contributed by atoms with Gasteiger partial charge in [-0.3, -0.25) is 9.59 Å². The molecule has 18 heavy (non-hydrogen) atoms. The molecule has 0 aliphatic heterocycles. The maximum absolute atomic E-state index is 12.7. The van der Waals surface area contributed by atoms with E-state index in [1.807, 2.05) is 0 Å². The number of Topliss-reactive ketones (excluding diaryl/α,β-unsaturated/α-hetero) is 1. The highest BCUT2D eigenvalue weighted by molar-refractivity contribution is 6.05. The van der Waals surface area contributed by atoms with E-state index in [1.165, 1.54) is 7.11 Å². The lowest BCUT2D eigenvalue weighted by atomic mass is 9.65. The van der Waals surface area contributed by atoms with Gasteiger partial charge in [0.15, 0.2) is 5.78 Å². The molecule has 102 valence electrons. The maximum atomic E-state index is 12.7. The molecule has 2 fully saturated rings. The van der Waals surface area contributed by atoms with Crippen LogP contribution >= 0.6 is 0 Å². The van der Waals surface area contributed by atoms with Crippen molar-refractivity contribution in [3.63, 3.8) is 0 Å². The summed E-state index contributed by atoms with van der Waals surface area (Å²) in [6.07, 6.45) is 7.50. The second kappa shape index (κ2) is 5.41. The first-order chi connectivity index (χ1) is 8.60. The van der Waals surface area contributed by atoms with Crippen LogP contribution in [0.25, 0.3) is 0 Å². The Morgan fingerprint density at radius 1 is 1.06 bits per heavy atom. The lowest BCUT2D eigenvalue weighted by Crippen LogP contribution is -2.45. The molecule has 2 aliphatic carbocycles. The van der Waals surface area contributed by atoms with Crippen molar-refractivity contribution in [2.75, 3.05) is 7.11 Å². The molecule has 0 saturated heterocycles. The lowest BCUT2D eigenvalue weighted by Gasteiger charge is -2.37. The molecule has 0 aromatic rings. The molecule has 0 amide bonds. The Bertz CT molecular complexity index is 321. The average molecular weight is 252 g/mol. The molecule has 0 N–H and O–H groups in total. The molecule has 2 saturated carbocycles. The van der Waals surface area contributed by atoms with Gasteiger partial charge in [0.2, 0.25) is 0 Å². The quantitative estimate of drug-likeness (QED) is 0.572. The molecule has 0 aromatic heterocycles. The first kappa shape index (κ1) is 13.6. The molecule has 0 aromatic carbocycles. The van der Waals surface area contributed by atoms with Crippen molar-refractivity contribution in [1.82, 2.24) is 0 Å². The summed E-state index contributed by atoms with van der Waals surface area (Å²) in [5.74, 6) is 0.627. The van der Waals surface area contributed by atoms with E-state index in [-0.39, 0.29) is 17.7 Å². The van der Waals surface area contributed by atoms with Gasteiger partial charge in [-0.1, -0.05) is 19.8 Å². The molecular formula is C15H24O3. The Balaban J connectivity index is 2.18. The Morgan fingerprint density at radius 2 is 1.61 bits per heavy atom. The molecule has 0 radical (unpaired) electrons. The van der Waals surface area contributed by atoms with Crippen LogP contribution in [-0.2, 0) is 14.3 Å². The van der Waals surface area contributed by atoms with Crippen LogP contribution in [0.5, 0.6) is 0 Å². The first-order valence-electron chi connectivity index (χ1n) is 7.23. The van der Waals surface area contributed by atoms with Gasteiger partial charge in [-0.25, -0.2) is 0 Å². The number of rotatable bonds is 3. The van der Waals surface area contributed by atoms with Crippen LogP contribution in [0.1, 0.15) is 58.3 Å². The summed E-state index contributed by atoms with van der Waals surface area (Å²) in [5.41, 5.74) is -0.809. The van der Waals surface area contributed by atoms with E-state index in [4.69, 9.17) is 4.74 Å². The van der Waals surface area contributed by atoms with Crippen molar-refractivity contribution in [3.8, 4) is 0 Å². The fourth-order valence-electron chi connectivity index (χ4n) is 3.58. The number of hydrogen-bond donors (Lipinski definition) is 0. The van der Waals surface area contributed by atoms with Gasteiger partial charge in [-0.05, 0) is 44.4 Å². The summed E-state index contributed by atoms with van der Waals surface area (Å²) in [6.45, 7) is 2.20. The highest BCUT2D eigenvalue weighted by Gasteiger charge is 2.50. The van der Waals surface area contributed by atoms with Crippen LogP contribution < -0.4 is 0 Å². The van der Waals surface area contributed by atoms with Crippen LogP contribution in [0, 0.1) is 17.3 Å². The van der Waals surface area contributed by atoms with Crippen LogP contribution in [-0.4, -0.2) is 18.9 Å². The van der Waals surface area contributed by atoms with E-state index in [1.54, 1.807) is 0 Å². The third-order valence-corrected chi connectivity index (χ3v) is 4.90. The van der Waals surface area contributed by atoms with E-state index in [9.17, 15) is 9.59 Å². The van der Waals surface area contributed by atoms with Gasteiger partial charge < -0.3 is 4.74 Å². The largest absolute Gasteiger partial charge is 0.468 e. The van der Waals surface area contributed by atoms with Gasteiger partial charge in [-0.15, -0.1) is 0 Å². The minimum absolute atomic E-state index is 0.109. The van der Waals surface area contributed by atoms with E-state index in [0.717, 1.165) is 38.5 Å². The molecule has 3 nitrogen and oxygen atoms in total. The van der Waals surface area contributed by atoms with E-state index >= 15 is 0 Å². The topological polar surface area (TPSA) is 43.4 Å². The summed E-state index contributed by atoms with van der Waals surface area (Å²) in [4.78, 5) is 24.9. The van der Waals surface area contributed by atoms with E-state index < -0.39 is 5.41 Å². The Kier molecular flexibility index (Phi) is 4.08. The maximum Gasteiger partial charge on any atom is 0.319 e. The number of carbonyl (C=O) groups is 2. The zero-order chi connectivity index (χ0) is 13.2. The van der Waals surface area contributed by atoms with Gasteiger partial charge in [0, 0.05) is 5.92 Å². The molecule has 2 rings (SSSR count). The normalized spacial score (nSPS) is 33.3. The fourth-order valence-corrected chi connectivity index (χ4v) is 3.58. The zero-order valence-electron chi connectivity index (χ0n) is 11.5. The van der Waals surface area contributed by atoms with Gasteiger partial charge in [0.05, 0.1) is 7.11 Å². The molecule has 0 atom stereocenters. The second-order valence-corrected chi connectivity index (χ2v) is 6.10. The van der Waals surface area contributed by atoms with Crippen molar-refractivity contribution in [2.24, 2.45) is 17.3 Å². The van der Waals surface area contributed by atoms with Gasteiger partial charge in [-0.2, -0.15) is 0 Å². The van der Waals surface area contributed by atoms with Crippen molar-refractivity contribution in [3.05, 3.63) is 0 Å². The predicted octanol–water partition coefficient (Wildman–Crippen LogP) is 3.12. The van der Waals surface area contributed by atoms with Crippen LogP contribution in [0.4, 0.5) is 0 Å². The average Bonchev–Trinajstić information content (AvgIpc) is 2.92. The molecule has 0 heterocycles. The van der Waals surface area contributed by atoms with Crippen molar-refractivity contribution in [2.45, 2.75) is 58.3 Å². The Hall–Kier alpha value is -0.860. The number of carbonyl (C=O) groups excluding carboxylic acids is 2. The molecule has 0 bridgehead atoms. The van der Waals surface area contributed by atoms with E-state index in [2.05, 4.69) is 6.92 Å². The SMILES string of the molecule is COC(=O)C1(C(=O)C2CCCC2)CCC(C)CC1. The monoisotopic (exact) mass is 252 g/mol. The van der Waals surface area contributed by atoms with Crippen LogP contribution in [0.15, 0.2) is 0 Å². The molecule has 0 spiro atoms. The summed E-state index contributed by atoms with van der Waals surface area (Å²) in [7, 11) is 1.41. The zero-order valence-corrected chi connectivity index (χ0v) is 11.5. The second-order valence-electron chi connectivity index (χ2n) is 6.10. The molecule has 2 aliphatic rings. The summed E-state index contributed by atoms with van der Waals surface area (Å²) in [5, 5.41) is 0. The third-order valence-electron chi connectivity index (χ3n) is 4.90. The molecule has 3 heteroatoms. The smallest absolute Gasteiger partial charge is 0.319 e. The number of esters is 1. The Morgan fingerprint density at radius 3 is 2.11 bits per heavy atom. The highest BCUT2D eigenvalue weighted by atomic mass is 16.5. The predicted molar refractivity (Wildman–Crippen MR) is 69.0 cm³/mol. The third kappa shape index (κ3) is 2.32. The van der Waals surface area contributed by atoms with Crippen LogP contribution in [0.2, 0.25) is 0 Å². The van der Waals surface area contributed by atoms with Crippen molar-refractivity contribution < 1.29 is 14.3 Å². The number of methoxy groups -OCH3 is 1. The van der Waals surface area contributed by atoms with Gasteiger partial charge >= 0.3 is 5.97 Å². The van der Waals surface area contributed by atoms with Gasteiger partial charge in [0.25, 0.3) is 0 Å². The minimum Gasteiger partial charge on any atom is -0.468 e. The summed E-state index contributed by atoms with van der Waals surface area (Å²) >= 11 is 0. The Labute approximate surface area is 109 Å². The number of ketones is 1. The van der Waals surface area contributed by atoms with Gasteiger partial charge in [0.1, 0.15) is 5.41 Å². The van der Waals surface area contributed by atoms with E-state index in [0.29, 0.717) is 18.8 Å². The van der Waals surface area contributed by atoms with Crippen molar-refractivity contribution in [1.29, 1.82) is 0 Å². The molecular weight excluding hydrogens is 228 g/mol. The fraction of sp³-hybridized carbons (Fsp3) is 0.867. The summed E-state index contributed by atoms with van der Waals surface area (Å²) < 4.78 is 4.95. The number of ether oxygens (including phenoxy) is 1. The van der Waals surface area contributed by atoms with Crippen LogP contribution in [0.3, 0.4) is 0 Å². The lowest BCUT2D eigenvalue weighted by molar-refractivity contribution is -0.162. The summed E-state index contributed by atoms with van der Waals surface area (Å²) in [6, 6.07) is 0. The highest BCUT2D eigenvalue weighted by Crippen LogP contribution is 2.44.